The molecule has 0 amide bonds. The molecule has 1 atom stereocenters. The number of aliphatic hydroxyl groups excluding tert-OH is 1. The predicted molar refractivity (Wildman–Crippen MR) is 95.8 cm³/mol. The summed E-state index contributed by atoms with van der Waals surface area (Å²) in [6.45, 7) is 5.10. The van der Waals surface area contributed by atoms with Crippen molar-refractivity contribution in [3.63, 3.8) is 0 Å². The van der Waals surface area contributed by atoms with Crippen molar-refractivity contribution in [3.05, 3.63) is 0 Å². The van der Waals surface area contributed by atoms with E-state index in [0.717, 1.165) is 12.3 Å². The third-order valence-electron chi connectivity index (χ3n) is 4.66. The maximum absolute atomic E-state index is 8.71. The Kier molecular flexibility index (Phi) is 18.0. The maximum Gasteiger partial charge on any atom is 0.0431 e. The van der Waals surface area contributed by atoms with Crippen molar-refractivity contribution in [2.75, 3.05) is 6.61 Å². The van der Waals surface area contributed by atoms with Crippen LogP contribution in [0.4, 0.5) is 0 Å². The first-order valence-corrected chi connectivity index (χ1v) is 9.92. The van der Waals surface area contributed by atoms with E-state index in [-0.39, 0.29) is 0 Å². The first-order valence-electron chi connectivity index (χ1n) is 9.92. The molecule has 0 heterocycles. The lowest BCUT2D eigenvalue weighted by Gasteiger charge is -2.11. The Hall–Kier alpha value is -0.0400. The maximum atomic E-state index is 8.71. The second-order valence-electron chi connectivity index (χ2n) is 7.00. The molecule has 0 aromatic rings. The largest absolute Gasteiger partial charge is 0.396 e. The van der Waals surface area contributed by atoms with E-state index in [9.17, 15) is 0 Å². The molecule has 0 fully saturated rings. The highest BCUT2D eigenvalue weighted by Crippen LogP contribution is 2.18. The minimum absolute atomic E-state index is 0.371. The summed E-state index contributed by atoms with van der Waals surface area (Å²) in [5.41, 5.74) is 0. The van der Waals surface area contributed by atoms with Crippen molar-refractivity contribution >= 4 is 0 Å². The molecular formula is C20H42O. The SMILES string of the molecule is CCCCCCCCCC(C)CCCCCCCCCO. The highest BCUT2D eigenvalue weighted by molar-refractivity contribution is 4.56. The molecule has 0 radical (unpaired) electrons. The molecule has 0 aliphatic carbocycles. The van der Waals surface area contributed by atoms with E-state index >= 15 is 0 Å². The molecule has 0 aromatic carbocycles. The second kappa shape index (κ2) is 18.0. The Labute approximate surface area is 134 Å². The molecule has 0 rings (SSSR count). The second-order valence-corrected chi connectivity index (χ2v) is 7.00. The van der Waals surface area contributed by atoms with Gasteiger partial charge >= 0.3 is 0 Å². The molecule has 1 N–H and O–H groups in total. The van der Waals surface area contributed by atoms with Crippen LogP contribution in [0.25, 0.3) is 0 Å². The fraction of sp³-hybridized carbons (Fsp3) is 1.00. The summed E-state index contributed by atoms with van der Waals surface area (Å²) >= 11 is 0. The molecule has 0 saturated carbocycles. The summed E-state index contributed by atoms with van der Waals surface area (Å²) in [6, 6.07) is 0. The monoisotopic (exact) mass is 298 g/mol. The van der Waals surface area contributed by atoms with E-state index in [1.165, 1.54) is 96.3 Å². The first kappa shape index (κ1) is 21.0. The molecule has 1 unspecified atom stereocenters. The van der Waals surface area contributed by atoms with Crippen molar-refractivity contribution in [1.82, 2.24) is 0 Å². The van der Waals surface area contributed by atoms with Gasteiger partial charge in [-0.05, 0) is 12.3 Å². The summed E-state index contributed by atoms with van der Waals surface area (Å²) in [5, 5.41) is 8.71. The third kappa shape index (κ3) is 17.9. The summed E-state index contributed by atoms with van der Waals surface area (Å²) in [4.78, 5) is 0. The summed E-state index contributed by atoms with van der Waals surface area (Å²) < 4.78 is 0. The number of aliphatic hydroxyl groups is 1. The zero-order chi connectivity index (χ0) is 15.6. The van der Waals surface area contributed by atoms with Gasteiger partial charge < -0.3 is 5.11 Å². The van der Waals surface area contributed by atoms with E-state index in [1.54, 1.807) is 0 Å². The van der Waals surface area contributed by atoms with Crippen LogP contribution in [-0.2, 0) is 0 Å². The molecule has 1 heteroatoms. The van der Waals surface area contributed by atoms with Crippen LogP contribution in [0.15, 0.2) is 0 Å². The molecule has 128 valence electrons. The third-order valence-corrected chi connectivity index (χ3v) is 4.66. The van der Waals surface area contributed by atoms with Gasteiger partial charge in [0.1, 0.15) is 0 Å². The van der Waals surface area contributed by atoms with Gasteiger partial charge in [-0.1, -0.05) is 110 Å². The van der Waals surface area contributed by atoms with E-state index < -0.39 is 0 Å². The van der Waals surface area contributed by atoms with Crippen LogP contribution in [0.5, 0.6) is 0 Å². The molecule has 0 aromatic heterocycles. The highest BCUT2D eigenvalue weighted by atomic mass is 16.2. The lowest BCUT2D eigenvalue weighted by molar-refractivity contribution is 0.282. The van der Waals surface area contributed by atoms with Crippen LogP contribution in [0.3, 0.4) is 0 Å². The zero-order valence-corrected chi connectivity index (χ0v) is 15.0. The van der Waals surface area contributed by atoms with Crippen molar-refractivity contribution < 1.29 is 5.11 Å². The molecule has 0 spiro atoms. The van der Waals surface area contributed by atoms with Gasteiger partial charge in [-0.3, -0.25) is 0 Å². The highest BCUT2D eigenvalue weighted by Gasteiger charge is 2.02. The Balaban J connectivity index is 3.11. The molecule has 0 saturated heterocycles. The van der Waals surface area contributed by atoms with Crippen LogP contribution < -0.4 is 0 Å². The standard InChI is InChI=1S/C20H42O/c1-3-4-5-6-8-11-14-17-20(2)18-15-12-9-7-10-13-16-19-21/h20-21H,3-19H2,1-2H3. The topological polar surface area (TPSA) is 20.2 Å². The number of unbranched alkanes of at least 4 members (excludes halogenated alkanes) is 12. The van der Waals surface area contributed by atoms with E-state index in [2.05, 4.69) is 13.8 Å². The van der Waals surface area contributed by atoms with E-state index in [1.807, 2.05) is 0 Å². The van der Waals surface area contributed by atoms with Crippen molar-refractivity contribution in [2.24, 2.45) is 5.92 Å². The Morgan fingerprint density at radius 1 is 0.571 bits per heavy atom. The van der Waals surface area contributed by atoms with Gasteiger partial charge in [0.2, 0.25) is 0 Å². The fourth-order valence-electron chi connectivity index (χ4n) is 3.08. The van der Waals surface area contributed by atoms with Gasteiger partial charge in [-0.15, -0.1) is 0 Å². The van der Waals surface area contributed by atoms with Gasteiger partial charge in [-0.2, -0.15) is 0 Å². The molecule has 0 aliphatic rings. The lowest BCUT2D eigenvalue weighted by Crippen LogP contribution is -1.95. The average Bonchev–Trinajstić information content (AvgIpc) is 2.49. The lowest BCUT2D eigenvalue weighted by atomic mass is 9.96. The minimum atomic E-state index is 0.371. The van der Waals surface area contributed by atoms with Gasteiger partial charge in [0, 0.05) is 6.61 Å². The normalized spacial score (nSPS) is 12.7. The van der Waals surface area contributed by atoms with Crippen LogP contribution in [0, 0.1) is 5.92 Å². The van der Waals surface area contributed by atoms with Crippen molar-refractivity contribution in [3.8, 4) is 0 Å². The smallest absolute Gasteiger partial charge is 0.0431 e. The molecule has 21 heavy (non-hydrogen) atoms. The first-order chi connectivity index (χ1) is 10.3. The quantitative estimate of drug-likeness (QED) is 0.290. The van der Waals surface area contributed by atoms with Gasteiger partial charge in [-0.25, -0.2) is 0 Å². The molecule has 0 aliphatic heterocycles. The Bertz CT molecular complexity index is 179. The van der Waals surface area contributed by atoms with Gasteiger partial charge in [0.25, 0.3) is 0 Å². The molecule has 0 bridgehead atoms. The van der Waals surface area contributed by atoms with E-state index in [4.69, 9.17) is 5.11 Å². The van der Waals surface area contributed by atoms with Crippen LogP contribution >= 0.6 is 0 Å². The molecule has 1 nitrogen and oxygen atoms in total. The molecular weight excluding hydrogens is 256 g/mol. The zero-order valence-electron chi connectivity index (χ0n) is 15.0. The fourth-order valence-corrected chi connectivity index (χ4v) is 3.08. The average molecular weight is 299 g/mol. The van der Waals surface area contributed by atoms with E-state index in [0.29, 0.717) is 6.61 Å². The number of hydrogen-bond acceptors (Lipinski definition) is 1. The predicted octanol–water partition coefficient (Wildman–Crippen LogP) is 6.88. The Morgan fingerprint density at radius 2 is 0.952 bits per heavy atom. The van der Waals surface area contributed by atoms with Gasteiger partial charge in [0.05, 0.1) is 0 Å². The van der Waals surface area contributed by atoms with Crippen LogP contribution in [0.2, 0.25) is 0 Å². The van der Waals surface area contributed by atoms with Crippen LogP contribution in [0.1, 0.15) is 117 Å². The minimum Gasteiger partial charge on any atom is -0.396 e. The number of rotatable bonds is 17. The number of hydrogen-bond donors (Lipinski definition) is 1. The van der Waals surface area contributed by atoms with Gasteiger partial charge in [0.15, 0.2) is 0 Å². The van der Waals surface area contributed by atoms with Crippen molar-refractivity contribution in [2.45, 2.75) is 117 Å². The van der Waals surface area contributed by atoms with Crippen molar-refractivity contribution in [1.29, 1.82) is 0 Å². The summed E-state index contributed by atoms with van der Waals surface area (Å²) in [5.74, 6) is 0.940. The van der Waals surface area contributed by atoms with Crippen LogP contribution in [-0.4, -0.2) is 11.7 Å². The Morgan fingerprint density at radius 3 is 1.38 bits per heavy atom. The summed E-state index contributed by atoms with van der Waals surface area (Å²) in [6.07, 6.45) is 22.1. The summed E-state index contributed by atoms with van der Waals surface area (Å²) in [7, 11) is 0.